The first kappa shape index (κ1) is 13.0. The number of carboxylic acid groups (broad SMARTS) is 1. The first-order valence-electron chi connectivity index (χ1n) is 4.95. The molecule has 1 aromatic carbocycles. The first-order valence-corrected chi connectivity index (χ1v) is 6.62. The highest BCUT2D eigenvalue weighted by Crippen LogP contribution is 2.24. The predicted octanol–water partition coefficient (Wildman–Crippen LogP) is 3.93. The van der Waals surface area contributed by atoms with Crippen molar-refractivity contribution in [3.63, 3.8) is 0 Å². The Morgan fingerprint density at radius 3 is 2.83 bits per heavy atom. The Hall–Kier alpha value is -1.40. The Bertz CT molecular complexity index is 582. The van der Waals surface area contributed by atoms with E-state index in [9.17, 15) is 9.18 Å². The molecule has 2 aromatic rings. The molecular weight excluding hydrogens is 323 g/mol. The molecular formula is C12H8BrFO3S. The van der Waals surface area contributed by atoms with Gasteiger partial charge in [-0.1, -0.05) is 0 Å². The van der Waals surface area contributed by atoms with E-state index in [0.29, 0.717) is 0 Å². The predicted molar refractivity (Wildman–Crippen MR) is 69.7 cm³/mol. The topological polar surface area (TPSA) is 46.5 Å². The summed E-state index contributed by atoms with van der Waals surface area (Å²) in [5.74, 6) is -1.64. The monoisotopic (exact) mass is 330 g/mol. The summed E-state index contributed by atoms with van der Waals surface area (Å²) in [6.45, 7) is 0.200. The van der Waals surface area contributed by atoms with Gasteiger partial charge in [0.25, 0.3) is 0 Å². The first-order chi connectivity index (χ1) is 8.56. The van der Waals surface area contributed by atoms with E-state index in [1.165, 1.54) is 17.4 Å². The second-order valence-corrected chi connectivity index (χ2v) is 5.78. The summed E-state index contributed by atoms with van der Waals surface area (Å²) in [5, 5.41) is 10.8. The van der Waals surface area contributed by atoms with Crippen molar-refractivity contribution in [3.8, 4) is 5.75 Å². The number of carboxylic acids is 1. The van der Waals surface area contributed by atoms with Gasteiger partial charge in [-0.15, -0.1) is 11.3 Å². The second kappa shape index (κ2) is 5.49. The van der Waals surface area contributed by atoms with Crippen molar-refractivity contribution < 1.29 is 19.0 Å². The third-order valence-corrected chi connectivity index (χ3v) is 3.74. The summed E-state index contributed by atoms with van der Waals surface area (Å²) in [6.07, 6.45) is 0. The van der Waals surface area contributed by atoms with Gasteiger partial charge in [0.1, 0.15) is 23.7 Å². The van der Waals surface area contributed by atoms with Crippen LogP contribution in [0.3, 0.4) is 0 Å². The van der Waals surface area contributed by atoms with Crippen LogP contribution in [0.25, 0.3) is 0 Å². The average Bonchev–Trinajstić information content (AvgIpc) is 2.72. The molecule has 0 radical (unpaired) electrons. The Balaban J connectivity index is 2.17. The van der Waals surface area contributed by atoms with E-state index in [0.717, 1.165) is 21.5 Å². The lowest BCUT2D eigenvalue weighted by Crippen LogP contribution is -2.03. The highest BCUT2D eigenvalue weighted by Gasteiger charge is 2.12. The summed E-state index contributed by atoms with van der Waals surface area (Å²) in [6, 6.07) is 5.23. The van der Waals surface area contributed by atoms with E-state index in [2.05, 4.69) is 15.9 Å². The molecule has 0 aliphatic carbocycles. The van der Waals surface area contributed by atoms with Crippen molar-refractivity contribution >= 4 is 33.2 Å². The van der Waals surface area contributed by atoms with E-state index in [-0.39, 0.29) is 17.9 Å². The molecule has 0 amide bonds. The zero-order valence-corrected chi connectivity index (χ0v) is 11.4. The Morgan fingerprint density at radius 1 is 1.44 bits per heavy atom. The quantitative estimate of drug-likeness (QED) is 0.923. The summed E-state index contributed by atoms with van der Waals surface area (Å²) >= 11 is 4.82. The van der Waals surface area contributed by atoms with Gasteiger partial charge in [0, 0.05) is 11.6 Å². The van der Waals surface area contributed by atoms with Crippen LogP contribution in [0.5, 0.6) is 5.75 Å². The second-order valence-electron chi connectivity index (χ2n) is 3.49. The maximum absolute atomic E-state index is 13.1. The summed E-state index contributed by atoms with van der Waals surface area (Å²) in [4.78, 5) is 10.9. The Kier molecular flexibility index (Phi) is 3.98. The van der Waals surface area contributed by atoms with Crippen LogP contribution in [0, 0.1) is 5.82 Å². The lowest BCUT2D eigenvalue weighted by Gasteiger charge is -2.08. The number of thiophene rings is 1. The molecule has 0 fully saturated rings. The lowest BCUT2D eigenvalue weighted by molar-refractivity contribution is 0.0691. The number of rotatable bonds is 4. The van der Waals surface area contributed by atoms with Crippen molar-refractivity contribution in [2.24, 2.45) is 0 Å². The molecule has 6 heteroatoms. The van der Waals surface area contributed by atoms with Crippen LogP contribution in [0.15, 0.2) is 33.4 Å². The highest BCUT2D eigenvalue weighted by molar-refractivity contribution is 9.11. The van der Waals surface area contributed by atoms with Gasteiger partial charge in [-0.05, 0) is 39.5 Å². The zero-order valence-electron chi connectivity index (χ0n) is 9.02. The number of hydrogen-bond donors (Lipinski definition) is 1. The lowest BCUT2D eigenvalue weighted by atomic mass is 10.2. The fourth-order valence-electron chi connectivity index (χ4n) is 1.37. The molecule has 0 atom stereocenters. The van der Waals surface area contributed by atoms with E-state index in [1.54, 1.807) is 0 Å². The third-order valence-electron chi connectivity index (χ3n) is 2.19. The molecule has 18 heavy (non-hydrogen) atoms. The van der Waals surface area contributed by atoms with Gasteiger partial charge in [0.15, 0.2) is 0 Å². The summed E-state index contributed by atoms with van der Waals surface area (Å²) in [5.41, 5.74) is 0.846. The highest BCUT2D eigenvalue weighted by atomic mass is 79.9. The maximum atomic E-state index is 13.1. The van der Waals surface area contributed by atoms with Crippen molar-refractivity contribution in [1.29, 1.82) is 0 Å². The number of benzene rings is 1. The zero-order chi connectivity index (χ0) is 13.1. The molecule has 1 N–H and O–H groups in total. The SMILES string of the molecule is O=C(O)c1ccc(F)cc1OCc1csc(Br)c1. The molecule has 0 aliphatic heterocycles. The van der Waals surface area contributed by atoms with Gasteiger partial charge in [0.05, 0.1) is 3.79 Å². The van der Waals surface area contributed by atoms with Gasteiger partial charge in [0.2, 0.25) is 0 Å². The van der Waals surface area contributed by atoms with E-state index in [4.69, 9.17) is 9.84 Å². The van der Waals surface area contributed by atoms with Crippen molar-refractivity contribution in [1.82, 2.24) is 0 Å². The number of aromatic carboxylic acids is 1. The standard InChI is InChI=1S/C12H8BrFO3S/c13-11-3-7(6-18-11)5-17-10-4-8(14)1-2-9(10)12(15)16/h1-4,6H,5H2,(H,15,16). The molecule has 3 nitrogen and oxygen atoms in total. The molecule has 0 spiro atoms. The molecule has 0 bridgehead atoms. The normalized spacial score (nSPS) is 10.3. The van der Waals surface area contributed by atoms with Gasteiger partial charge < -0.3 is 9.84 Å². The van der Waals surface area contributed by atoms with E-state index < -0.39 is 11.8 Å². The average molecular weight is 331 g/mol. The minimum absolute atomic E-state index is 0.0322. The Morgan fingerprint density at radius 2 is 2.22 bits per heavy atom. The molecule has 0 saturated heterocycles. The molecule has 0 unspecified atom stereocenters. The minimum atomic E-state index is -1.14. The Labute approximate surface area is 115 Å². The van der Waals surface area contributed by atoms with Crippen LogP contribution in [0.2, 0.25) is 0 Å². The van der Waals surface area contributed by atoms with Crippen molar-refractivity contribution in [2.45, 2.75) is 6.61 Å². The van der Waals surface area contributed by atoms with Crippen molar-refractivity contribution in [2.75, 3.05) is 0 Å². The van der Waals surface area contributed by atoms with Crippen LogP contribution in [-0.2, 0) is 6.61 Å². The molecule has 2 rings (SSSR count). The van der Waals surface area contributed by atoms with Crippen LogP contribution in [-0.4, -0.2) is 11.1 Å². The summed E-state index contributed by atoms with van der Waals surface area (Å²) in [7, 11) is 0. The van der Waals surface area contributed by atoms with Crippen LogP contribution in [0.4, 0.5) is 4.39 Å². The summed E-state index contributed by atoms with van der Waals surface area (Å²) < 4.78 is 19.4. The van der Waals surface area contributed by atoms with Crippen molar-refractivity contribution in [3.05, 3.63) is 50.4 Å². The van der Waals surface area contributed by atoms with E-state index >= 15 is 0 Å². The maximum Gasteiger partial charge on any atom is 0.339 e. The molecule has 1 heterocycles. The van der Waals surface area contributed by atoms with Gasteiger partial charge in [-0.3, -0.25) is 0 Å². The van der Waals surface area contributed by atoms with Gasteiger partial charge in [-0.25, -0.2) is 9.18 Å². The number of halogens is 2. The number of carbonyl (C=O) groups is 1. The molecule has 0 aliphatic rings. The third kappa shape index (κ3) is 3.08. The minimum Gasteiger partial charge on any atom is -0.488 e. The smallest absolute Gasteiger partial charge is 0.339 e. The van der Waals surface area contributed by atoms with Crippen LogP contribution >= 0.6 is 27.3 Å². The van der Waals surface area contributed by atoms with Crippen LogP contribution < -0.4 is 4.74 Å². The van der Waals surface area contributed by atoms with Crippen LogP contribution in [0.1, 0.15) is 15.9 Å². The fourth-order valence-corrected chi connectivity index (χ4v) is 2.57. The molecule has 0 saturated carbocycles. The van der Waals surface area contributed by atoms with E-state index in [1.807, 2.05) is 11.4 Å². The number of hydrogen-bond acceptors (Lipinski definition) is 3. The van der Waals surface area contributed by atoms with Gasteiger partial charge >= 0.3 is 5.97 Å². The van der Waals surface area contributed by atoms with Gasteiger partial charge in [-0.2, -0.15) is 0 Å². The fraction of sp³-hybridized carbons (Fsp3) is 0.0833. The number of ether oxygens (including phenoxy) is 1. The molecule has 1 aromatic heterocycles. The molecule has 94 valence electrons. The largest absolute Gasteiger partial charge is 0.488 e.